The van der Waals surface area contributed by atoms with Crippen molar-refractivity contribution in [3.8, 4) is 17.4 Å². The van der Waals surface area contributed by atoms with Gasteiger partial charge in [-0.1, -0.05) is 6.07 Å². The van der Waals surface area contributed by atoms with Crippen LogP contribution in [0.3, 0.4) is 0 Å². The van der Waals surface area contributed by atoms with Gasteiger partial charge in [0.25, 0.3) is 0 Å². The molecule has 20 heavy (non-hydrogen) atoms. The van der Waals surface area contributed by atoms with Crippen LogP contribution >= 0.6 is 0 Å². The Balaban J connectivity index is 2.17. The van der Waals surface area contributed by atoms with Gasteiger partial charge in [0, 0.05) is 18.3 Å². The fourth-order valence-electron chi connectivity index (χ4n) is 1.62. The number of hydrogen-bond acceptors (Lipinski definition) is 5. The Morgan fingerprint density at radius 3 is 2.75 bits per heavy atom. The molecule has 0 bridgehead atoms. The van der Waals surface area contributed by atoms with Gasteiger partial charge < -0.3 is 14.2 Å². The smallest absolute Gasteiger partial charge is 0.338 e. The SMILES string of the molecule is CCOc1cccc(Oc2cc(C(=O)OC)ccn2)c1. The van der Waals surface area contributed by atoms with Crippen LogP contribution < -0.4 is 9.47 Å². The third-order valence-corrected chi connectivity index (χ3v) is 2.49. The Bertz CT molecular complexity index is 598. The molecule has 0 saturated carbocycles. The fraction of sp³-hybridized carbons (Fsp3) is 0.200. The van der Waals surface area contributed by atoms with Gasteiger partial charge >= 0.3 is 5.97 Å². The summed E-state index contributed by atoms with van der Waals surface area (Å²) in [5.41, 5.74) is 0.387. The van der Waals surface area contributed by atoms with E-state index >= 15 is 0 Å². The monoisotopic (exact) mass is 273 g/mol. The van der Waals surface area contributed by atoms with Gasteiger partial charge in [-0.3, -0.25) is 0 Å². The van der Waals surface area contributed by atoms with Gasteiger partial charge in [-0.2, -0.15) is 0 Å². The Morgan fingerprint density at radius 2 is 2.00 bits per heavy atom. The van der Waals surface area contributed by atoms with Gasteiger partial charge in [-0.05, 0) is 25.1 Å². The number of rotatable bonds is 5. The van der Waals surface area contributed by atoms with Crippen molar-refractivity contribution in [1.29, 1.82) is 0 Å². The van der Waals surface area contributed by atoms with Gasteiger partial charge in [0.2, 0.25) is 5.88 Å². The second-order valence-electron chi connectivity index (χ2n) is 3.88. The third kappa shape index (κ3) is 3.47. The number of ether oxygens (including phenoxy) is 3. The van der Waals surface area contributed by atoms with Crippen LogP contribution in [0.4, 0.5) is 0 Å². The first-order valence-corrected chi connectivity index (χ1v) is 6.18. The molecule has 1 aromatic carbocycles. The number of benzene rings is 1. The highest BCUT2D eigenvalue weighted by molar-refractivity contribution is 5.89. The number of nitrogens with zero attached hydrogens (tertiary/aromatic N) is 1. The van der Waals surface area contributed by atoms with Crippen LogP contribution in [0, 0.1) is 0 Å². The first-order valence-electron chi connectivity index (χ1n) is 6.18. The lowest BCUT2D eigenvalue weighted by Crippen LogP contribution is -2.01. The number of pyridine rings is 1. The second-order valence-corrected chi connectivity index (χ2v) is 3.88. The Kier molecular flexibility index (Phi) is 4.55. The summed E-state index contributed by atoms with van der Waals surface area (Å²) < 4.78 is 15.6. The Labute approximate surface area is 117 Å². The summed E-state index contributed by atoms with van der Waals surface area (Å²) in [6.07, 6.45) is 1.49. The lowest BCUT2D eigenvalue weighted by Gasteiger charge is -2.08. The molecule has 1 heterocycles. The minimum atomic E-state index is -0.430. The maximum Gasteiger partial charge on any atom is 0.338 e. The standard InChI is InChI=1S/C15H15NO4/c1-3-19-12-5-4-6-13(10-12)20-14-9-11(7-8-16-14)15(17)18-2/h4-10H,3H2,1-2H3. The van der Waals surface area contributed by atoms with E-state index < -0.39 is 5.97 Å². The predicted octanol–water partition coefficient (Wildman–Crippen LogP) is 3.06. The third-order valence-electron chi connectivity index (χ3n) is 2.49. The van der Waals surface area contributed by atoms with Gasteiger partial charge in [0.05, 0.1) is 19.3 Å². The van der Waals surface area contributed by atoms with E-state index in [0.717, 1.165) is 0 Å². The zero-order valence-electron chi connectivity index (χ0n) is 11.3. The lowest BCUT2D eigenvalue weighted by molar-refractivity contribution is 0.0600. The normalized spacial score (nSPS) is 9.90. The van der Waals surface area contributed by atoms with Crippen LogP contribution in [0.25, 0.3) is 0 Å². The molecule has 0 amide bonds. The van der Waals surface area contributed by atoms with Crippen molar-refractivity contribution in [1.82, 2.24) is 4.98 Å². The molecule has 0 spiro atoms. The van der Waals surface area contributed by atoms with Crippen molar-refractivity contribution < 1.29 is 19.0 Å². The number of esters is 1. The van der Waals surface area contributed by atoms with E-state index in [2.05, 4.69) is 9.72 Å². The van der Waals surface area contributed by atoms with Gasteiger partial charge in [0.1, 0.15) is 11.5 Å². The first kappa shape index (κ1) is 13.9. The van der Waals surface area contributed by atoms with Crippen molar-refractivity contribution >= 4 is 5.97 Å². The molecule has 0 unspecified atom stereocenters. The minimum absolute atomic E-state index is 0.321. The van der Waals surface area contributed by atoms with Crippen molar-refractivity contribution in [3.05, 3.63) is 48.2 Å². The summed E-state index contributed by atoms with van der Waals surface area (Å²) in [5.74, 6) is 1.20. The highest BCUT2D eigenvalue weighted by Gasteiger charge is 2.08. The van der Waals surface area contributed by atoms with Crippen LogP contribution in [0.5, 0.6) is 17.4 Å². The van der Waals surface area contributed by atoms with Crippen LogP contribution in [-0.2, 0) is 4.74 Å². The molecule has 0 fully saturated rings. The zero-order chi connectivity index (χ0) is 14.4. The van der Waals surface area contributed by atoms with Crippen molar-refractivity contribution in [2.24, 2.45) is 0 Å². The van der Waals surface area contributed by atoms with E-state index in [9.17, 15) is 4.79 Å². The molecule has 0 radical (unpaired) electrons. The summed E-state index contributed by atoms with van der Waals surface area (Å²) in [6, 6.07) is 10.3. The van der Waals surface area contributed by atoms with Crippen molar-refractivity contribution in [2.75, 3.05) is 13.7 Å². The maximum absolute atomic E-state index is 11.4. The summed E-state index contributed by atoms with van der Waals surface area (Å²) >= 11 is 0. The first-order chi connectivity index (χ1) is 9.72. The molecule has 0 saturated heterocycles. The maximum atomic E-state index is 11.4. The van der Waals surface area contributed by atoms with Gasteiger partial charge in [-0.15, -0.1) is 0 Å². The van der Waals surface area contributed by atoms with Crippen LogP contribution in [-0.4, -0.2) is 24.7 Å². The van der Waals surface area contributed by atoms with Gasteiger partial charge in [0.15, 0.2) is 0 Å². The van der Waals surface area contributed by atoms with Crippen molar-refractivity contribution in [2.45, 2.75) is 6.92 Å². The summed E-state index contributed by atoms with van der Waals surface area (Å²) in [7, 11) is 1.33. The molecular formula is C15H15NO4. The Morgan fingerprint density at radius 1 is 1.20 bits per heavy atom. The molecule has 2 aromatic rings. The number of hydrogen-bond donors (Lipinski definition) is 0. The summed E-state index contributed by atoms with van der Waals surface area (Å²) in [4.78, 5) is 15.5. The number of carbonyl (C=O) groups excluding carboxylic acids is 1. The van der Waals surface area contributed by atoms with E-state index in [1.54, 1.807) is 18.2 Å². The highest BCUT2D eigenvalue weighted by Crippen LogP contribution is 2.24. The lowest BCUT2D eigenvalue weighted by atomic mass is 10.3. The molecule has 2 rings (SSSR count). The van der Waals surface area contributed by atoms with Crippen LogP contribution in [0.1, 0.15) is 17.3 Å². The molecule has 0 aliphatic rings. The number of aromatic nitrogens is 1. The fourth-order valence-corrected chi connectivity index (χ4v) is 1.62. The molecule has 0 aliphatic heterocycles. The molecule has 1 aromatic heterocycles. The average molecular weight is 273 g/mol. The second kappa shape index (κ2) is 6.56. The van der Waals surface area contributed by atoms with E-state index in [0.29, 0.717) is 29.5 Å². The Hall–Kier alpha value is -2.56. The average Bonchev–Trinajstić information content (AvgIpc) is 2.47. The number of carbonyl (C=O) groups is 1. The zero-order valence-corrected chi connectivity index (χ0v) is 11.3. The predicted molar refractivity (Wildman–Crippen MR) is 73.3 cm³/mol. The molecular weight excluding hydrogens is 258 g/mol. The molecule has 5 heteroatoms. The highest BCUT2D eigenvalue weighted by atomic mass is 16.5. The quantitative estimate of drug-likeness (QED) is 0.784. The molecule has 5 nitrogen and oxygen atoms in total. The van der Waals surface area contributed by atoms with E-state index in [-0.39, 0.29) is 0 Å². The summed E-state index contributed by atoms with van der Waals surface area (Å²) in [5, 5.41) is 0. The van der Waals surface area contributed by atoms with Crippen molar-refractivity contribution in [3.63, 3.8) is 0 Å². The summed E-state index contributed by atoms with van der Waals surface area (Å²) in [6.45, 7) is 2.49. The largest absolute Gasteiger partial charge is 0.494 e. The number of methoxy groups -OCH3 is 1. The molecule has 0 aliphatic carbocycles. The van der Waals surface area contributed by atoms with E-state index in [1.807, 2.05) is 19.1 Å². The molecule has 0 atom stereocenters. The van der Waals surface area contributed by atoms with Crippen LogP contribution in [0.2, 0.25) is 0 Å². The van der Waals surface area contributed by atoms with E-state index in [4.69, 9.17) is 9.47 Å². The van der Waals surface area contributed by atoms with Gasteiger partial charge in [-0.25, -0.2) is 9.78 Å². The molecule has 0 N–H and O–H groups in total. The van der Waals surface area contributed by atoms with E-state index in [1.165, 1.54) is 19.4 Å². The molecule has 104 valence electrons. The topological polar surface area (TPSA) is 57.7 Å². The minimum Gasteiger partial charge on any atom is -0.494 e. The van der Waals surface area contributed by atoms with Crippen LogP contribution in [0.15, 0.2) is 42.6 Å².